The SMILES string of the molecule is CC(C)CC(C)OCC(O)CNC(C)C1CC1. The van der Waals surface area contributed by atoms with Gasteiger partial charge in [-0.15, -0.1) is 0 Å². The fourth-order valence-electron chi connectivity index (χ4n) is 2.15. The van der Waals surface area contributed by atoms with E-state index in [-0.39, 0.29) is 12.2 Å². The van der Waals surface area contributed by atoms with Crippen molar-refractivity contribution in [2.75, 3.05) is 13.2 Å². The molecular weight excluding hydrogens is 214 g/mol. The second kappa shape index (κ2) is 7.34. The standard InChI is InChI=1S/C14H29NO2/c1-10(2)7-11(3)17-9-14(16)8-15-12(4)13-5-6-13/h10-16H,5-9H2,1-4H3. The summed E-state index contributed by atoms with van der Waals surface area (Å²) < 4.78 is 5.63. The Kier molecular flexibility index (Phi) is 6.45. The highest BCUT2D eigenvalue weighted by Crippen LogP contribution is 2.32. The molecule has 3 heteroatoms. The first kappa shape index (κ1) is 14.9. The molecule has 2 N–H and O–H groups in total. The summed E-state index contributed by atoms with van der Waals surface area (Å²) in [5.41, 5.74) is 0. The van der Waals surface area contributed by atoms with Crippen molar-refractivity contribution in [1.82, 2.24) is 5.32 Å². The molecule has 0 aromatic heterocycles. The molecule has 0 aromatic carbocycles. The third-order valence-corrected chi connectivity index (χ3v) is 3.38. The van der Waals surface area contributed by atoms with Crippen molar-refractivity contribution in [1.29, 1.82) is 0 Å². The number of rotatable bonds is 9. The molecule has 102 valence electrons. The maximum atomic E-state index is 9.80. The maximum Gasteiger partial charge on any atom is 0.0897 e. The van der Waals surface area contributed by atoms with Gasteiger partial charge in [0.2, 0.25) is 0 Å². The second-order valence-electron chi connectivity index (χ2n) is 5.96. The van der Waals surface area contributed by atoms with Crippen molar-refractivity contribution < 1.29 is 9.84 Å². The van der Waals surface area contributed by atoms with E-state index < -0.39 is 0 Å². The molecule has 0 aliphatic heterocycles. The topological polar surface area (TPSA) is 41.5 Å². The second-order valence-corrected chi connectivity index (χ2v) is 5.96. The van der Waals surface area contributed by atoms with Gasteiger partial charge in [0.25, 0.3) is 0 Å². The van der Waals surface area contributed by atoms with Crippen LogP contribution < -0.4 is 5.32 Å². The Morgan fingerprint density at radius 3 is 2.41 bits per heavy atom. The minimum absolute atomic E-state index is 0.241. The number of hydrogen-bond acceptors (Lipinski definition) is 3. The van der Waals surface area contributed by atoms with Crippen LogP contribution in [0.5, 0.6) is 0 Å². The minimum Gasteiger partial charge on any atom is -0.389 e. The Morgan fingerprint density at radius 1 is 1.24 bits per heavy atom. The summed E-state index contributed by atoms with van der Waals surface area (Å²) in [6.45, 7) is 9.74. The van der Waals surface area contributed by atoms with Gasteiger partial charge in [0, 0.05) is 12.6 Å². The van der Waals surface area contributed by atoms with Crippen LogP contribution in [0.4, 0.5) is 0 Å². The lowest BCUT2D eigenvalue weighted by Crippen LogP contribution is -2.37. The lowest BCUT2D eigenvalue weighted by molar-refractivity contribution is -0.00929. The fourth-order valence-corrected chi connectivity index (χ4v) is 2.15. The van der Waals surface area contributed by atoms with Crippen LogP contribution in [0.25, 0.3) is 0 Å². The molecular formula is C14H29NO2. The van der Waals surface area contributed by atoms with Crippen molar-refractivity contribution in [2.24, 2.45) is 11.8 Å². The van der Waals surface area contributed by atoms with Gasteiger partial charge in [-0.05, 0) is 44.9 Å². The van der Waals surface area contributed by atoms with Crippen molar-refractivity contribution >= 4 is 0 Å². The molecule has 17 heavy (non-hydrogen) atoms. The van der Waals surface area contributed by atoms with E-state index in [2.05, 4.69) is 33.0 Å². The van der Waals surface area contributed by atoms with Gasteiger partial charge in [-0.2, -0.15) is 0 Å². The fraction of sp³-hybridized carbons (Fsp3) is 1.00. The summed E-state index contributed by atoms with van der Waals surface area (Å²) >= 11 is 0. The lowest BCUT2D eigenvalue weighted by atomic mass is 10.1. The van der Waals surface area contributed by atoms with E-state index in [0.717, 1.165) is 12.3 Å². The molecule has 1 saturated carbocycles. The van der Waals surface area contributed by atoms with Gasteiger partial charge < -0.3 is 15.2 Å². The highest BCUT2D eigenvalue weighted by atomic mass is 16.5. The highest BCUT2D eigenvalue weighted by Gasteiger charge is 2.27. The Bertz CT molecular complexity index is 204. The number of hydrogen-bond donors (Lipinski definition) is 2. The molecule has 0 aromatic rings. The third kappa shape index (κ3) is 7.02. The smallest absolute Gasteiger partial charge is 0.0897 e. The average molecular weight is 243 g/mol. The molecule has 0 bridgehead atoms. The molecule has 1 aliphatic rings. The summed E-state index contributed by atoms with van der Waals surface area (Å²) in [4.78, 5) is 0. The normalized spacial score (nSPS) is 21.5. The molecule has 3 atom stereocenters. The molecule has 0 amide bonds. The molecule has 0 heterocycles. The molecule has 1 aliphatic carbocycles. The van der Waals surface area contributed by atoms with Crippen LogP contribution in [0.3, 0.4) is 0 Å². The van der Waals surface area contributed by atoms with Gasteiger partial charge in [0.15, 0.2) is 0 Å². The van der Waals surface area contributed by atoms with E-state index in [1.54, 1.807) is 0 Å². The largest absolute Gasteiger partial charge is 0.389 e. The molecule has 3 nitrogen and oxygen atoms in total. The lowest BCUT2D eigenvalue weighted by Gasteiger charge is -2.20. The molecule has 1 rings (SSSR count). The molecule has 3 unspecified atom stereocenters. The summed E-state index contributed by atoms with van der Waals surface area (Å²) in [6.07, 6.45) is 3.59. The Balaban J connectivity index is 2.01. The summed E-state index contributed by atoms with van der Waals surface area (Å²) in [6, 6.07) is 0.540. The highest BCUT2D eigenvalue weighted by molar-refractivity contribution is 4.83. The van der Waals surface area contributed by atoms with Crippen LogP contribution in [-0.2, 0) is 4.74 Å². The third-order valence-electron chi connectivity index (χ3n) is 3.38. The van der Waals surface area contributed by atoms with Crippen LogP contribution >= 0.6 is 0 Å². The molecule has 0 spiro atoms. The van der Waals surface area contributed by atoms with Crippen LogP contribution in [0.2, 0.25) is 0 Å². The number of nitrogens with one attached hydrogen (secondary N) is 1. The van der Waals surface area contributed by atoms with Crippen molar-refractivity contribution in [3.63, 3.8) is 0 Å². The zero-order chi connectivity index (χ0) is 12.8. The summed E-state index contributed by atoms with van der Waals surface area (Å²) in [7, 11) is 0. The predicted molar refractivity (Wildman–Crippen MR) is 71.1 cm³/mol. The zero-order valence-electron chi connectivity index (χ0n) is 11.8. The quantitative estimate of drug-likeness (QED) is 0.652. The van der Waals surface area contributed by atoms with E-state index in [4.69, 9.17) is 4.74 Å². The van der Waals surface area contributed by atoms with Crippen molar-refractivity contribution in [3.05, 3.63) is 0 Å². The first-order chi connectivity index (χ1) is 7.99. The number of ether oxygens (including phenoxy) is 1. The van der Waals surface area contributed by atoms with Crippen molar-refractivity contribution in [2.45, 2.75) is 65.2 Å². The molecule has 1 fully saturated rings. The van der Waals surface area contributed by atoms with Crippen molar-refractivity contribution in [3.8, 4) is 0 Å². The van der Waals surface area contributed by atoms with Gasteiger partial charge >= 0.3 is 0 Å². The van der Waals surface area contributed by atoms with E-state index in [1.807, 2.05) is 0 Å². The van der Waals surface area contributed by atoms with Gasteiger partial charge in [-0.25, -0.2) is 0 Å². The Labute approximate surface area is 106 Å². The monoisotopic (exact) mass is 243 g/mol. The van der Waals surface area contributed by atoms with Crippen LogP contribution in [0.15, 0.2) is 0 Å². The van der Waals surface area contributed by atoms with E-state index in [1.165, 1.54) is 12.8 Å². The van der Waals surface area contributed by atoms with Gasteiger partial charge in [0.05, 0.1) is 18.8 Å². The molecule has 0 radical (unpaired) electrons. The van der Waals surface area contributed by atoms with E-state index >= 15 is 0 Å². The van der Waals surface area contributed by atoms with Crippen LogP contribution in [0.1, 0.15) is 47.0 Å². The van der Waals surface area contributed by atoms with Crippen LogP contribution in [-0.4, -0.2) is 36.5 Å². The average Bonchev–Trinajstić information content (AvgIpc) is 3.05. The van der Waals surface area contributed by atoms with E-state index in [0.29, 0.717) is 25.1 Å². The molecule has 0 saturated heterocycles. The van der Waals surface area contributed by atoms with Gasteiger partial charge in [0.1, 0.15) is 0 Å². The maximum absolute atomic E-state index is 9.80. The van der Waals surface area contributed by atoms with Gasteiger partial charge in [-0.3, -0.25) is 0 Å². The summed E-state index contributed by atoms with van der Waals surface area (Å²) in [5, 5.41) is 13.2. The number of aliphatic hydroxyl groups excluding tert-OH is 1. The minimum atomic E-state index is -0.384. The van der Waals surface area contributed by atoms with Crippen LogP contribution in [0, 0.1) is 11.8 Å². The summed E-state index contributed by atoms with van der Waals surface area (Å²) in [5.74, 6) is 1.48. The van der Waals surface area contributed by atoms with E-state index in [9.17, 15) is 5.11 Å². The Hall–Kier alpha value is -0.120. The predicted octanol–water partition coefficient (Wildman–Crippen LogP) is 2.19. The number of aliphatic hydroxyl groups is 1. The zero-order valence-corrected chi connectivity index (χ0v) is 11.8. The first-order valence-electron chi connectivity index (χ1n) is 7.02. The Morgan fingerprint density at radius 2 is 1.88 bits per heavy atom. The van der Waals surface area contributed by atoms with Gasteiger partial charge in [-0.1, -0.05) is 13.8 Å². The first-order valence-corrected chi connectivity index (χ1v) is 7.02.